The molecule has 1 fully saturated rings. The summed E-state index contributed by atoms with van der Waals surface area (Å²) in [6.45, 7) is 6.22. The van der Waals surface area contributed by atoms with Crippen LogP contribution in [-0.4, -0.2) is 66.6 Å². The van der Waals surface area contributed by atoms with E-state index in [0.29, 0.717) is 49.0 Å². The Balaban J connectivity index is 1.23. The Morgan fingerprint density at radius 2 is 1.58 bits per heavy atom. The molecule has 0 unspecified atom stereocenters. The first-order chi connectivity index (χ1) is 15.0. The fraction of sp³-hybridized carbons (Fsp3) is 0.417. The molecule has 0 aromatic heterocycles. The summed E-state index contributed by atoms with van der Waals surface area (Å²) in [6, 6.07) is 13.1. The van der Waals surface area contributed by atoms with Gasteiger partial charge in [0.25, 0.3) is 11.8 Å². The summed E-state index contributed by atoms with van der Waals surface area (Å²) in [5, 5.41) is 0. The number of carbonyl (C=O) groups is 2. The summed E-state index contributed by atoms with van der Waals surface area (Å²) in [7, 11) is 0. The van der Waals surface area contributed by atoms with Crippen molar-refractivity contribution in [2.24, 2.45) is 0 Å². The number of benzene rings is 2. The largest absolute Gasteiger partial charge is 0.489 e. The highest BCUT2D eigenvalue weighted by molar-refractivity contribution is 5.98. The van der Waals surface area contributed by atoms with Gasteiger partial charge in [-0.05, 0) is 25.1 Å². The van der Waals surface area contributed by atoms with E-state index in [9.17, 15) is 9.59 Å². The van der Waals surface area contributed by atoms with Gasteiger partial charge in [0.1, 0.15) is 18.5 Å². The van der Waals surface area contributed by atoms with Gasteiger partial charge in [0.2, 0.25) is 6.10 Å². The van der Waals surface area contributed by atoms with Crippen molar-refractivity contribution in [2.75, 3.05) is 32.8 Å². The maximum absolute atomic E-state index is 13.2. The number of para-hydroxylation sites is 3. The van der Waals surface area contributed by atoms with Crippen LogP contribution >= 0.6 is 0 Å². The topological polar surface area (TPSA) is 68.3 Å². The molecular weight excluding hydrogens is 396 g/mol. The van der Waals surface area contributed by atoms with Gasteiger partial charge in [0.05, 0.1) is 5.56 Å². The normalized spacial score (nSPS) is 24.4. The highest BCUT2D eigenvalue weighted by Gasteiger charge is 2.36. The zero-order chi connectivity index (χ0) is 21.5. The lowest BCUT2D eigenvalue weighted by Gasteiger charge is -2.37. The van der Waals surface area contributed by atoms with Crippen LogP contribution in [0.15, 0.2) is 42.5 Å². The van der Waals surface area contributed by atoms with Crippen LogP contribution in [-0.2, 0) is 4.79 Å². The van der Waals surface area contributed by atoms with Crippen LogP contribution in [0.5, 0.6) is 17.2 Å². The highest BCUT2D eigenvalue weighted by Crippen LogP contribution is 2.40. The van der Waals surface area contributed by atoms with Crippen LogP contribution < -0.4 is 14.2 Å². The van der Waals surface area contributed by atoms with Crippen LogP contribution in [0.3, 0.4) is 0 Å². The van der Waals surface area contributed by atoms with Crippen molar-refractivity contribution in [3.63, 3.8) is 0 Å². The number of fused-ring (bicyclic) bond motifs is 2. The first kappa shape index (κ1) is 19.7. The lowest BCUT2D eigenvalue weighted by molar-refractivity contribution is -0.142. The third-order valence-corrected chi connectivity index (χ3v) is 6.44. The van der Waals surface area contributed by atoms with E-state index >= 15 is 0 Å². The van der Waals surface area contributed by atoms with Crippen molar-refractivity contribution in [1.82, 2.24) is 9.80 Å². The lowest BCUT2D eigenvalue weighted by atomic mass is 9.96. The SMILES string of the molecule is C[C@@H]1Oc2c(C(=O)N3CCN(C(=O)[C@@H]4COc5ccccc5O4)CC3)cccc2[C@@H]1C. The maximum Gasteiger partial charge on any atom is 0.267 e. The van der Waals surface area contributed by atoms with Crippen LogP contribution in [0.1, 0.15) is 35.7 Å². The minimum Gasteiger partial charge on any atom is -0.489 e. The van der Waals surface area contributed by atoms with E-state index in [-0.39, 0.29) is 30.4 Å². The van der Waals surface area contributed by atoms with Gasteiger partial charge >= 0.3 is 0 Å². The number of hydrogen-bond acceptors (Lipinski definition) is 5. The third kappa shape index (κ3) is 3.48. The molecule has 2 aromatic rings. The molecule has 0 aliphatic carbocycles. The van der Waals surface area contributed by atoms with Gasteiger partial charge in [-0.15, -0.1) is 0 Å². The number of ether oxygens (including phenoxy) is 3. The molecule has 3 atom stereocenters. The Labute approximate surface area is 181 Å². The number of rotatable bonds is 2. The zero-order valence-corrected chi connectivity index (χ0v) is 17.7. The molecule has 31 heavy (non-hydrogen) atoms. The average Bonchev–Trinajstić information content (AvgIpc) is 3.11. The predicted octanol–water partition coefficient (Wildman–Crippen LogP) is 2.70. The molecule has 3 heterocycles. The Kier molecular flexibility index (Phi) is 4.96. The molecule has 0 bridgehead atoms. The first-order valence-electron chi connectivity index (χ1n) is 10.8. The smallest absolute Gasteiger partial charge is 0.267 e. The Morgan fingerprint density at radius 3 is 2.35 bits per heavy atom. The number of carbonyl (C=O) groups excluding carboxylic acids is 2. The van der Waals surface area contributed by atoms with Crippen LogP contribution in [0.25, 0.3) is 0 Å². The Bertz CT molecular complexity index is 1010. The number of nitrogens with zero attached hydrogens (tertiary/aromatic N) is 2. The van der Waals surface area contributed by atoms with Gasteiger partial charge < -0.3 is 24.0 Å². The van der Waals surface area contributed by atoms with E-state index in [1.807, 2.05) is 43.3 Å². The fourth-order valence-corrected chi connectivity index (χ4v) is 4.40. The molecule has 0 spiro atoms. The molecule has 7 heteroatoms. The van der Waals surface area contributed by atoms with Crippen LogP contribution in [0.2, 0.25) is 0 Å². The predicted molar refractivity (Wildman–Crippen MR) is 114 cm³/mol. The molecule has 3 aliphatic heterocycles. The molecule has 7 nitrogen and oxygen atoms in total. The second-order valence-corrected chi connectivity index (χ2v) is 8.32. The molecule has 2 amide bonds. The Hall–Kier alpha value is -3.22. The molecule has 2 aromatic carbocycles. The maximum atomic E-state index is 13.2. The van der Waals surface area contributed by atoms with E-state index in [1.54, 1.807) is 15.9 Å². The van der Waals surface area contributed by atoms with Crippen molar-refractivity contribution in [2.45, 2.75) is 32.0 Å². The summed E-state index contributed by atoms with van der Waals surface area (Å²) >= 11 is 0. The van der Waals surface area contributed by atoms with Crippen molar-refractivity contribution >= 4 is 11.8 Å². The summed E-state index contributed by atoms with van der Waals surface area (Å²) < 4.78 is 17.5. The van der Waals surface area contributed by atoms with Gasteiger partial charge in [0, 0.05) is 37.7 Å². The van der Waals surface area contributed by atoms with E-state index in [0.717, 1.165) is 5.56 Å². The first-order valence-corrected chi connectivity index (χ1v) is 10.8. The summed E-state index contributed by atoms with van der Waals surface area (Å²) in [5.74, 6) is 2.06. The van der Waals surface area contributed by atoms with E-state index < -0.39 is 6.10 Å². The van der Waals surface area contributed by atoms with E-state index in [1.165, 1.54) is 0 Å². The molecular formula is C24H26N2O5. The van der Waals surface area contributed by atoms with Crippen LogP contribution in [0, 0.1) is 0 Å². The molecule has 0 saturated carbocycles. The minimum atomic E-state index is -0.661. The zero-order valence-electron chi connectivity index (χ0n) is 17.7. The summed E-state index contributed by atoms with van der Waals surface area (Å²) in [5.41, 5.74) is 1.69. The van der Waals surface area contributed by atoms with Crippen molar-refractivity contribution in [3.05, 3.63) is 53.6 Å². The minimum absolute atomic E-state index is 0.0450. The second-order valence-electron chi connectivity index (χ2n) is 8.32. The Morgan fingerprint density at radius 1 is 0.871 bits per heavy atom. The summed E-state index contributed by atoms with van der Waals surface area (Å²) in [6.07, 6.45) is -0.604. The highest BCUT2D eigenvalue weighted by atomic mass is 16.6. The van der Waals surface area contributed by atoms with E-state index in [4.69, 9.17) is 14.2 Å². The van der Waals surface area contributed by atoms with Crippen molar-refractivity contribution in [3.8, 4) is 17.2 Å². The van der Waals surface area contributed by atoms with Gasteiger partial charge in [-0.1, -0.05) is 31.2 Å². The molecule has 5 rings (SSSR count). The quantitative estimate of drug-likeness (QED) is 0.745. The number of piperazine rings is 1. The third-order valence-electron chi connectivity index (χ3n) is 6.44. The summed E-state index contributed by atoms with van der Waals surface area (Å²) in [4.78, 5) is 29.7. The van der Waals surface area contributed by atoms with Crippen LogP contribution in [0.4, 0.5) is 0 Å². The molecule has 162 valence electrons. The van der Waals surface area contributed by atoms with Crippen molar-refractivity contribution in [1.29, 1.82) is 0 Å². The number of hydrogen-bond donors (Lipinski definition) is 0. The molecule has 3 aliphatic rings. The molecule has 1 saturated heterocycles. The van der Waals surface area contributed by atoms with Gasteiger partial charge in [0.15, 0.2) is 11.5 Å². The average molecular weight is 422 g/mol. The second kappa shape index (κ2) is 7.80. The van der Waals surface area contributed by atoms with Gasteiger partial charge in [-0.3, -0.25) is 9.59 Å². The monoisotopic (exact) mass is 422 g/mol. The fourth-order valence-electron chi connectivity index (χ4n) is 4.40. The van der Waals surface area contributed by atoms with Gasteiger partial charge in [-0.25, -0.2) is 0 Å². The van der Waals surface area contributed by atoms with Crippen molar-refractivity contribution < 1.29 is 23.8 Å². The molecule has 0 radical (unpaired) electrons. The number of amides is 2. The lowest BCUT2D eigenvalue weighted by Crippen LogP contribution is -2.55. The van der Waals surface area contributed by atoms with E-state index in [2.05, 4.69) is 6.92 Å². The standard InChI is InChI=1S/C24H26N2O5/c1-15-16(2)30-22-17(15)6-5-7-18(22)23(27)25-10-12-26(13-11-25)24(28)21-14-29-19-8-3-4-9-20(19)31-21/h3-9,15-16,21H,10-14H2,1-2H3/t15-,16+,21+/m1/s1. The van der Waals surface area contributed by atoms with Gasteiger partial charge in [-0.2, -0.15) is 0 Å². The molecule has 0 N–H and O–H groups in total.